The maximum Gasteiger partial charge on any atom is 0.224 e. The highest BCUT2D eigenvalue weighted by molar-refractivity contribution is 5.89. The summed E-state index contributed by atoms with van der Waals surface area (Å²) in [5.41, 5.74) is 0.920. The summed E-state index contributed by atoms with van der Waals surface area (Å²) in [6.07, 6.45) is 4.14. The molecule has 112 valence electrons. The van der Waals surface area contributed by atoms with Gasteiger partial charge in [0.15, 0.2) is 0 Å². The molecule has 0 saturated heterocycles. The van der Waals surface area contributed by atoms with Gasteiger partial charge >= 0.3 is 0 Å². The molecule has 0 spiro atoms. The lowest BCUT2D eigenvalue weighted by molar-refractivity contribution is 0.0763. The Bertz CT molecular complexity index is 616. The Morgan fingerprint density at radius 1 is 1.19 bits per heavy atom. The van der Waals surface area contributed by atoms with Crippen molar-refractivity contribution in [2.45, 2.75) is 31.8 Å². The first-order chi connectivity index (χ1) is 10.3. The maximum absolute atomic E-state index is 10.1. The molecule has 0 amide bonds. The molecule has 1 fully saturated rings. The highest BCUT2D eigenvalue weighted by atomic mass is 16.3. The van der Waals surface area contributed by atoms with Gasteiger partial charge in [-0.05, 0) is 25.0 Å². The Morgan fingerprint density at radius 2 is 2.00 bits per heavy atom. The topological polar surface area (TPSA) is 70.1 Å². The van der Waals surface area contributed by atoms with Gasteiger partial charge in [0.25, 0.3) is 0 Å². The molecule has 3 rings (SSSR count). The third-order valence-electron chi connectivity index (χ3n) is 4.23. The number of hydrogen-bond acceptors (Lipinski definition) is 5. The van der Waals surface area contributed by atoms with E-state index < -0.39 is 0 Å². The average Bonchev–Trinajstić information content (AvgIpc) is 2.53. The normalized spacial score (nSPS) is 22.2. The lowest BCUT2D eigenvalue weighted by atomic mass is 9.86. The van der Waals surface area contributed by atoms with Crippen molar-refractivity contribution in [3.8, 4) is 0 Å². The van der Waals surface area contributed by atoms with Gasteiger partial charge in [0.1, 0.15) is 5.82 Å². The van der Waals surface area contributed by atoms with E-state index in [0.717, 1.165) is 42.5 Å². The molecular formula is C16H22N4O. The van der Waals surface area contributed by atoms with Gasteiger partial charge in [-0.15, -0.1) is 0 Å². The van der Waals surface area contributed by atoms with E-state index in [2.05, 4.69) is 20.6 Å². The zero-order chi connectivity index (χ0) is 14.7. The van der Waals surface area contributed by atoms with Crippen molar-refractivity contribution < 1.29 is 5.11 Å². The van der Waals surface area contributed by atoms with Crippen LogP contribution in [-0.4, -0.2) is 34.8 Å². The minimum atomic E-state index is -0.192. The SMILES string of the molecule is CNc1nc(NCC2CCCCC2O)c2ccccc2n1. The summed E-state index contributed by atoms with van der Waals surface area (Å²) in [6, 6.07) is 7.97. The number of para-hydroxylation sites is 1. The zero-order valence-electron chi connectivity index (χ0n) is 12.3. The monoisotopic (exact) mass is 286 g/mol. The van der Waals surface area contributed by atoms with Crippen LogP contribution in [0.15, 0.2) is 24.3 Å². The van der Waals surface area contributed by atoms with E-state index in [-0.39, 0.29) is 6.10 Å². The van der Waals surface area contributed by atoms with Gasteiger partial charge in [-0.2, -0.15) is 4.98 Å². The molecule has 0 radical (unpaired) electrons. The van der Waals surface area contributed by atoms with Crippen molar-refractivity contribution in [3.05, 3.63) is 24.3 Å². The fourth-order valence-corrected chi connectivity index (χ4v) is 2.98. The number of aliphatic hydroxyl groups is 1. The van der Waals surface area contributed by atoms with Gasteiger partial charge in [0, 0.05) is 24.9 Å². The van der Waals surface area contributed by atoms with E-state index in [1.807, 2.05) is 31.3 Å². The Morgan fingerprint density at radius 3 is 2.81 bits per heavy atom. The summed E-state index contributed by atoms with van der Waals surface area (Å²) in [5.74, 6) is 1.76. The third-order valence-corrected chi connectivity index (χ3v) is 4.23. The highest BCUT2D eigenvalue weighted by Crippen LogP contribution is 2.26. The first kappa shape index (κ1) is 14.1. The fourth-order valence-electron chi connectivity index (χ4n) is 2.98. The van der Waals surface area contributed by atoms with E-state index in [1.165, 1.54) is 6.42 Å². The lowest BCUT2D eigenvalue weighted by Crippen LogP contribution is -2.30. The van der Waals surface area contributed by atoms with Crippen LogP contribution < -0.4 is 10.6 Å². The number of fused-ring (bicyclic) bond motifs is 1. The van der Waals surface area contributed by atoms with Gasteiger partial charge in [-0.3, -0.25) is 0 Å². The average molecular weight is 286 g/mol. The molecule has 1 saturated carbocycles. The molecule has 2 unspecified atom stereocenters. The molecule has 0 bridgehead atoms. The smallest absolute Gasteiger partial charge is 0.224 e. The molecule has 21 heavy (non-hydrogen) atoms. The van der Waals surface area contributed by atoms with Crippen LogP contribution in [0.25, 0.3) is 10.9 Å². The number of anilines is 2. The molecule has 0 aliphatic heterocycles. The van der Waals surface area contributed by atoms with E-state index in [9.17, 15) is 5.11 Å². The van der Waals surface area contributed by atoms with Crippen LogP contribution in [0.5, 0.6) is 0 Å². The molecule has 2 aromatic rings. The van der Waals surface area contributed by atoms with Crippen LogP contribution in [0.2, 0.25) is 0 Å². The number of rotatable bonds is 4. The number of nitrogens with zero attached hydrogens (tertiary/aromatic N) is 2. The van der Waals surface area contributed by atoms with Gasteiger partial charge < -0.3 is 15.7 Å². The molecule has 5 nitrogen and oxygen atoms in total. The first-order valence-electron chi connectivity index (χ1n) is 7.64. The summed E-state index contributed by atoms with van der Waals surface area (Å²) >= 11 is 0. The van der Waals surface area contributed by atoms with Crippen LogP contribution in [0.3, 0.4) is 0 Å². The summed E-state index contributed by atoms with van der Waals surface area (Å²) in [5, 5.41) is 17.5. The third kappa shape index (κ3) is 3.08. The predicted molar refractivity (Wildman–Crippen MR) is 85.5 cm³/mol. The van der Waals surface area contributed by atoms with Crippen LogP contribution in [0, 0.1) is 5.92 Å². The number of aliphatic hydroxyl groups excluding tert-OH is 1. The quantitative estimate of drug-likeness (QED) is 0.806. The Balaban J connectivity index is 1.82. The fraction of sp³-hybridized carbons (Fsp3) is 0.500. The van der Waals surface area contributed by atoms with Gasteiger partial charge in [-0.1, -0.05) is 25.0 Å². The van der Waals surface area contributed by atoms with Crippen molar-refractivity contribution in [3.63, 3.8) is 0 Å². The Kier molecular flexibility index (Phi) is 4.20. The second kappa shape index (κ2) is 6.26. The minimum Gasteiger partial charge on any atom is -0.393 e. The molecule has 1 aromatic carbocycles. The molecule has 1 aliphatic rings. The van der Waals surface area contributed by atoms with E-state index >= 15 is 0 Å². The predicted octanol–water partition coefficient (Wildman–Crippen LogP) is 2.63. The van der Waals surface area contributed by atoms with Crippen LogP contribution in [0.4, 0.5) is 11.8 Å². The van der Waals surface area contributed by atoms with Crippen molar-refractivity contribution in [2.24, 2.45) is 5.92 Å². The summed E-state index contributed by atoms with van der Waals surface area (Å²) in [6.45, 7) is 0.755. The Labute approximate surface area is 124 Å². The number of aromatic nitrogens is 2. The van der Waals surface area contributed by atoms with Crippen LogP contribution in [0.1, 0.15) is 25.7 Å². The van der Waals surface area contributed by atoms with Crippen LogP contribution in [-0.2, 0) is 0 Å². The molecule has 2 atom stereocenters. The molecule has 1 heterocycles. The van der Waals surface area contributed by atoms with Crippen LogP contribution >= 0.6 is 0 Å². The molecule has 1 aromatic heterocycles. The highest BCUT2D eigenvalue weighted by Gasteiger charge is 2.23. The second-order valence-electron chi connectivity index (χ2n) is 5.66. The summed E-state index contributed by atoms with van der Waals surface area (Å²) in [7, 11) is 1.82. The van der Waals surface area contributed by atoms with E-state index in [4.69, 9.17) is 0 Å². The van der Waals surface area contributed by atoms with Crippen molar-refractivity contribution in [1.82, 2.24) is 9.97 Å². The lowest BCUT2D eigenvalue weighted by Gasteiger charge is -2.28. The minimum absolute atomic E-state index is 0.192. The van der Waals surface area contributed by atoms with Crippen molar-refractivity contribution >= 4 is 22.7 Å². The van der Waals surface area contributed by atoms with E-state index in [1.54, 1.807) is 0 Å². The Hall–Kier alpha value is -1.88. The van der Waals surface area contributed by atoms with Crippen molar-refractivity contribution in [2.75, 3.05) is 24.2 Å². The number of hydrogen-bond donors (Lipinski definition) is 3. The largest absolute Gasteiger partial charge is 0.393 e. The summed E-state index contributed by atoms with van der Waals surface area (Å²) < 4.78 is 0. The number of nitrogens with one attached hydrogen (secondary N) is 2. The van der Waals surface area contributed by atoms with Crippen molar-refractivity contribution in [1.29, 1.82) is 0 Å². The molecule has 1 aliphatic carbocycles. The van der Waals surface area contributed by atoms with Gasteiger partial charge in [-0.25, -0.2) is 4.98 Å². The molecule has 5 heteroatoms. The standard InChI is InChI=1S/C16H22N4O/c1-17-16-19-13-8-4-3-7-12(13)15(20-16)18-10-11-6-2-5-9-14(11)21/h3-4,7-8,11,14,21H,2,5-6,9-10H2,1H3,(H2,17,18,19,20). The number of benzene rings is 1. The van der Waals surface area contributed by atoms with E-state index in [0.29, 0.717) is 11.9 Å². The zero-order valence-corrected chi connectivity index (χ0v) is 12.3. The summed E-state index contributed by atoms with van der Waals surface area (Å²) in [4.78, 5) is 8.97. The maximum atomic E-state index is 10.1. The first-order valence-corrected chi connectivity index (χ1v) is 7.64. The van der Waals surface area contributed by atoms with Gasteiger partial charge in [0.2, 0.25) is 5.95 Å². The van der Waals surface area contributed by atoms with Gasteiger partial charge in [0.05, 0.1) is 11.6 Å². The molecular weight excluding hydrogens is 264 g/mol. The second-order valence-corrected chi connectivity index (χ2v) is 5.66. The molecule has 3 N–H and O–H groups in total.